The van der Waals surface area contributed by atoms with E-state index < -0.39 is 5.60 Å². The fraction of sp³-hybridized carbons (Fsp3) is 0.611. The minimum Gasteiger partial charge on any atom is -0.508 e. The molecule has 0 aliphatic carbocycles. The molecule has 0 unspecified atom stereocenters. The predicted octanol–water partition coefficient (Wildman–Crippen LogP) is 2.73. The summed E-state index contributed by atoms with van der Waals surface area (Å²) in [7, 11) is 1.54. The molecule has 0 aromatic heterocycles. The van der Waals surface area contributed by atoms with Crippen LogP contribution in [0.15, 0.2) is 18.2 Å². The van der Waals surface area contributed by atoms with Gasteiger partial charge in [0.2, 0.25) is 0 Å². The van der Waals surface area contributed by atoms with Crippen LogP contribution in [-0.4, -0.2) is 53.6 Å². The molecule has 6 heteroatoms. The van der Waals surface area contributed by atoms with Crippen molar-refractivity contribution in [3.05, 3.63) is 23.8 Å². The SMILES string of the molecule is COc1ccc([C@@H]2CN(C(=O)OC(C)(C)C)C[C@H]2CCO)c(O)c1. The third kappa shape index (κ3) is 4.32. The van der Waals surface area contributed by atoms with Crippen molar-refractivity contribution in [2.45, 2.75) is 38.7 Å². The van der Waals surface area contributed by atoms with Crippen LogP contribution >= 0.6 is 0 Å². The zero-order valence-electron chi connectivity index (χ0n) is 14.8. The molecule has 1 aromatic carbocycles. The fourth-order valence-corrected chi connectivity index (χ4v) is 3.12. The number of aliphatic hydroxyl groups excluding tert-OH is 1. The minimum absolute atomic E-state index is 0.0419. The summed E-state index contributed by atoms with van der Waals surface area (Å²) in [4.78, 5) is 14.0. The quantitative estimate of drug-likeness (QED) is 0.883. The van der Waals surface area contributed by atoms with E-state index >= 15 is 0 Å². The number of carbonyl (C=O) groups excluding carboxylic acids is 1. The molecule has 2 N–H and O–H groups in total. The summed E-state index contributed by atoms with van der Waals surface area (Å²) in [6.07, 6.45) is 0.205. The molecule has 1 amide bonds. The van der Waals surface area contributed by atoms with Crippen LogP contribution in [-0.2, 0) is 4.74 Å². The Hall–Kier alpha value is -1.95. The maximum atomic E-state index is 12.3. The van der Waals surface area contributed by atoms with Gasteiger partial charge in [-0.1, -0.05) is 6.07 Å². The molecule has 0 spiro atoms. The summed E-state index contributed by atoms with van der Waals surface area (Å²) >= 11 is 0. The predicted molar refractivity (Wildman–Crippen MR) is 90.4 cm³/mol. The first-order valence-corrected chi connectivity index (χ1v) is 8.21. The Morgan fingerprint density at radius 3 is 2.58 bits per heavy atom. The van der Waals surface area contributed by atoms with Crippen LogP contribution in [0.4, 0.5) is 4.79 Å². The average Bonchev–Trinajstić information content (AvgIpc) is 2.90. The van der Waals surface area contributed by atoms with Gasteiger partial charge in [-0.3, -0.25) is 0 Å². The summed E-state index contributed by atoms with van der Waals surface area (Å²) < 4.78 is 10.6. The summed E-state index contributed by atoms with van der Waals surface area (Å²) in [5.41, 5.74) is 0.212. The molecule has 1 aliphatic heterocycles. The molecule has 0 bridgehead atoms. The molecule has 1 saturated heterocycles. The van der Waals surface area contributed by atoms with E-state index in [4.69, 9.17) is 9.47 Å². The largest absolute Gasteiger partial charge is 0.508 e. The first-order valence-electron chi connectivity index (χ1n) is 8.21. The van der Waals surface area contributed by atoms with E-state index in [0.717, 1.165) is 5.56 Å². The van der Waals surface area contributed by atoms with Gasteiger partial charge in [0.25, 0.3) is 0 Å². The summed E-state index contributed by atoms with van der Waals surface area (Å²) in [6.45, 7) is 6.50. The van der Waals surface area contributed by atoms with E-state index in [-0.39, 0.29) is 30.3 Å². The van der Waals surface area contributed by atoms with Crippen LogP contribution < -0.4 is 4.74 Å². The topological polar surface area (TPSA) is 79.2 Å². The standard InChI is InChI=1S/C18H27NO5/c1-18(2,3)24-17(22)19-10-12(7-8-20)15(11-19)14-6-5-13(23-4)9-16(14)21/h5-6,9,12,15,20-21H,7-8,10-11H2,1-4H3/t12-,15-/m1/s1. The van der Waals surface area contributed by atoms with Crippen molar-refractivity contribution in [2.75, 3.05) is 26.8 Å². The highest BCUT2D eigenvalue weighted by Gasteiger charge is 2.38. The van der Waals surface area contributed by atoms with Gasteiger partial charge in [-0.05, 0) is 44.7 Å². The van der Waals surface area contributed by atoms with E-state index in [2.05, 4.69) is 0 Å². The van der Waals surface area contributed by atoms with Gasteiger partial charge >= 0.3 is 6.09 Å². The number of nitrogens with zero attached hydrogens (tertiary/aromatic N) is 1. The normalized spacial score (nSPS) is 21.0. The zero-order valence-corrected chi connectivity index (χ0v) is 14.8. The lowest BCUT2D eigenvalue weighted by Gasteiger charge is -2.24. The van der Waals surface area contributed by atoms with Crippen molar-refractivity contribution >= 4 is 6.09 Å². The van der Waals surface area contributed by atoms with E-state index in [1.807, 2.05) is 26.8 Å². The van der Waals surface area contributed by atoms with Gasteiger partial charge in [0.05, 0.1) is 7.11 Å². The van der Waals surface area contributed by atoms with Crippen LogP contribution in [0.3, 0.4) is 0 Å². The van der Waals surface area contributed by atoms with Crippen molar-refractivity contribution in [3.8, 4) is 11.5 Å². The molecule has 1 fully saturated rings. The molecule has 0 saturated carbocycles. The second kappa shape index (κ2) is 7.30. The van der Waals surface area contributed by atoms with Crippen LogP contribution in [0.2, 0.25) is 0 Å². The van der Waals surface area contributed by atoms with Gasteiger partial charge in [-0.15, -0.1) is 0 Å². The second-order valence-corrected chi connectivity index (χ2v) is 7.19. The highest BCUT2D eigenvalue weighted by molar-refractivity contribution is 5.69. The van der Waals surface area contributed by atoms with E-state index in [0.29, 0.717) is 25.3 Å². The summed E-state index contributed by atoms with van der Waals surface area (Å²) in [6, 6.07) is 5.18. The number of benzene rings is 1. The number of aromatic hydroxyl groups is 1. The van der Waals surface area contributed by atoms with Gasteiger partial charge < -0.3 is 24.6 Å². The molecular weight excluding hydrogens is 310 g/mol. The molecule has 6 nitrogen and oxygen atoms in total. The van der Waals surface area contributed by atoms with Gasteiger partial charge in [0.15, 0.2) is 0 Å². The van der Waals surface area contributed by atoms with Crippen molar-refractivity contribution < 1.29 is 24.5 Å². The number of phenols is 1. The fourth-order valence-electron chi connectivity index (χ4n) is 3.12. The number of rotatable bonds is 4. The van der Waals surface area contributed by atoms with E-state index in [1.54, 1.807) is 24.1 Å². The summed E-state index contributed by atoms with van der Waals surface area (Å²) in [5, 5.41) is 19.6. The van der Waals surface area contributed by atoms with E-state index in [9.17, 15) is 15.0 Å². The maximum absolute atomic E-state index is 12.3. The van der Waals surface area contributed by atoms with Crippen LogP contribution in [0.25, 0.3) is 0 Å². The van der Waals surface area contributed by atoms with Crippen molar-refractivity contribution in [3.63, 3.8) is 0 Å². The third-order valence-electron chi connectivity index (χ3n) is 4.23. The molecule has 24 heavy (non-hydrogen) atoms. The number of hydrogen-bond donors (Lipinski definition) is 2. The first-order chi connectivity index (χ1) is 11.2. The molecule has 1 heterocycles. The Kier molecular flexibility index (Phi) is 5.59. The molecular formula is C18H27NO5. The Labute approximate surface area is 143 Å². The third-order valence-corrected chi connectivity index (χ3v) is 4.23. The zero-order chi connectivity index (χ0) is 17.9. The smallest absolute Gasteiger partial charge is 0.410 e. The molecule has 2 atom stereocenters. The Morgan fingerprint density at radius 2 is 2.04 bits per heavy atom. The van der Waals surface area contributed by atoms with Crippen molar-refractivity contribution in [2.24, 2.45) is 5.92 Å². The van der Waals surface area contributed by atoms with E-state index in [1.165, 1.54) is 0 Å². The van der Waals surface area contributed by atoms with Gasteiger partial charge in [0, 0.05) is 31.7 Å². The highest BCUT2D eigenvalue weighted by atomic mass is 16.6. The first kappa shape index (κ1) is 18.4. The van der Waals surface area contributed by atoms with Gasteiger partial charge in [0.1, 0.15) is 17.1 Å². The summed E-state index contributed by atoms with van der Waals surface area (Å²) in [5.74, 6) is 0.752. The number of methoxy groups -OCH3 is 1. The average molecular weight is 337 g/mol. The van der Waals surface area contributed by atoms with Gasteiger partial charge in [-0.25, -0.2) is 4.79 Å². The number of amides is 1. The lowest BCUT2D eigenvalue weighted by molar-refractivity contribution is 0.0284. The Balaban J connectivity index is 2.20. The molecule has 134 valence electrons. The lowest BCUT2D eigenvalue weighted by Crippen LogP contribution is -2.35. The number of ether oxygens (including phenoxy) is 2. The lowest BCUT2D eigenvalue weighted by atomic mass is 9.86. The van der Waals surface area contributed by atoms with Crippen LogP contribution in [0, 0.1) is 5.92 Å². The Bertz CT molecular complexity index is 581. The highest BCUT2D eigenvalue weighted by Crippen LogP contribution is 2.40. The number of likely N-dealkylation sites (tertiary alicyclic amines) is 1. The molecule has 1 aromatic rings. The molecule has 1 aliphatic rings. The van der Waals surface area contributed by atoms with Crippen molar-refractivity contribution in [1.82, 2.24) is 4.90 Å². The minimum atomic E-state index is -0.552. The second-order valence-electron chi connectivity index (χ2n) is 7.19. The number of carbonyl (C=O) groups is 1. The Morgan fingerprint density at radius 1 is 1.33 bits per heavy atom. The maximum Gasteiger partial charge on any atom is 0.410 e. The molecule has 0 radical (unpaired) electrons. The van der Waals surface area contributed by atoms with Gasteiger partial charge in [-0.2, -0.15) is 0 Å². The number of phenolic OH excluding ortho intramolecular Hbond substituents is 1. The number of aliphatic hydroxyl groups is 1. The molecule has 2 rings (SSSR count). The van der Waals surface area contributed by atoms with Crippen LogP contribution in [0.1, 0.15) is 38.7 Å². The monoisotopic (exact) mass is 337 g/mol. The van der Waals surface area contributed by atoms with Crippen molar-refractivity contribution in [1.29, 1.82) is 0 Å². The van der Waals surface area contributed by atoms with Crippen LogP contribution in [0.5, 0.6) is 11.5 Å². The number of hydrogen-bond acceptors (Lipinski definition) is 5.